The molecule has 0 unspecified atom stereocenters. The molecule has 7 nitrogen and oxygen atoms in total. The maximum atomic E-state index is 13.2. The molecule has 0 aromatic heterocycles. The summed E-state index contributed by atoms with van der Waals surface area (Å²) in [6.07, 6.45) is -0.698. The molecule has 0 fully saturated rings. The third kappa shape index (κ3) is 7.02. The topological polar surface area (TPSA) is 108 Å². The second-order valence-electron chi connectivity index (χ2n) is 9.70. The summed E-state index contributed by atoms with van der Waals surface area (Å²) in [5, 5.41) is 19.5. The maximum absolute atomic E-state index is 13.2. The Morgan fingerprint density at radius 1 is 0.886 bits per heavy atom. The zero-order valence-corrected chi connectivity index (χ0v) is 20.7. The number of nitrogens with one attached hydrogen (secondary N) is 3. The average molecular weight is 478 g/mol. The largest absolute Gasteiger partial charge is 0.386 e. The highest BCUT2D eigenvalue weighted by Gasteiger charge is 2.37. The minimum Gasteiger partial charge on any atom is -0.386 e. The number of aliphatic hydroxyl groups is 1. The van der Waals surface area contributed by atoms with Crippen molar-refractivity contribution in [1.82, 2.24) is 16.0 Å². The minimum atomic E-state index is -1.13. The van der Waals surface area contributed by atoms with Gasteiger partial charge in [-0.15, -0.1) is 0 Å². The van der Waals surface area contributed by atoms with Gasteiger partial charge in [-0.2, -0.15) is 0 Å². The first kappa shape index (κ1) is 26.2. The van der Waals surface area contributed by atoms with Gasteiger partial charge in [0.2, 0.25) is 5.91 Å². The van der Waals surface area contributed by atoms with Crippen molar-refractivity contribution < 1.29 is 14.7 Å². The number of amides is 3. The number of aliphatic hydroxyl groups excluding tert-OH is 1. The van der Waals surface area contributed by atoms with Crippen LogP contribution in [0.25, 0.3) is 11.1 Å². The Morgan fingerprint density at radius 3 is 2.06 bits per heavy atom. The Balaban J connectivity index is 1.67. The predicted molar refractivity (Wildman–Crippen MR) is 137 cm³/mol. The van der Waals surface area contributed by atoms with Gasteiger partial charge in [-0.3, -0.25) is 9.59 Å². The molecule has 3 aromatic rings. The summed E-state index contributed by atoms with van der Waals surface area (Å²) in [6.45, 7) is 8.04. The number of rotatable bonds is 11. The monoisotopic (exact) mass is 477 g/mol. The standard InChI is InChI=1S/C28H35N3O4/c1-17(2)15-21(30-28(35)29-16-19-11-7-5-8-12-19)27(34)31-24(18(3)4)26(33)23-22(25(23)32)20-13-9-6-10-14-20/h5-14,17-18,21,24,26,33H,15-16H2,1-4H3,(H,31,34)(H2,29,30,35)/t21-,24-,26-/m0/s1. The maximum Gasteiger partial charge on any atom is 0.315 e. The van der Waals surface area contributed by atoms with E-state index in [1.54, 1.807) is 0 Å². The number of urea groups is 1. The van der Waals surface area contributed by atoms with Gasteiger partial charge in [0.1, 0.15) is 12.1 Å². The highest BCUT2D eigenvalue weighted by Crippen LogP contribution is 2.33. The zero-order chi connectivity index (χ0) is 25.5. The Hall–Kier alpha value is -3.45. The van der Waals surface area contributed by atoms with Crippen molar-refractivity contribution in [1.29, 1.82) is 0 Å². The number of benzene rings is 2. The second-order valence-corrected chi connectivity index (χ2v) is 9.70. The molecule has 3 aromatic carbocycles. The first-order chi connectivity index (χ1) is 16.7. The van der Waals surface area contributed by atoms with Crippen molar-refractivity contribution in [3.05, 3.63) is 82.0 Å². The molecule has 0 radical (unpaired) electrons. The Bertz CT molecular complexity index is 1120. The number of carbonyl (C=O) groups excluding carboxylic acids is 2. The van der Waals surface area contributed by atoms with Crippen molar-refractivity contribution >= 4 is 11.9 Å². The lowest BCUT2D eigenvalue weighted by Gasteiger charge is -2.29. The summed E-state index contributed by atoms with van der Waals surface area (Å²) in [6, 6.07) is 16.8. The van der Waals surface area contributed by atoms with Crippen LogP contribution in [0.2, 0.25) is 0 Å². The van der Waals surface area contributed by atoms with Crippen molar-refractivity contribution in [3.8, 4) is 11.1 Å². The van der Waals surface area contributed by atoms with E-state index < -0.39 is 24.2 Å². The van der Waals surface area contributed by atoms with E-state index in [1.807, 2.05) is 88.4 Å². The molecular formula is C28H35N3O4. The quantitative estimate of drug-likeness (QED) is 0.338. The van der Waals surface area contributed by atoms with Gasteiger partial charge in [-0.05, 0) is 29.4 Å². The molecule has 3 atom stereocenters. The van der Waals surface area contributed by atoms with E-state index in [-0.39, 0.29) is 23.2 Å². The lowest BCUT2D eigenvalue weighted by Crippen LogP contribution is -2.54. The Morgan fingerprint density at radius 2 is 1.49 bits per heavy atom. The molecule has 0 aliphatic carbocycles. The molecule has 0 heterocycles. The fourth-order valence-electron chi connectivity index (χ4n) is 4.10. The lowest BCUT2D eigenvalue weighted by atomic mass is 9.95. The molecule has 0 aliphatic rings. The summed E-state index contributed by atoms with van der Waals surface area (Å²) in [4.78, 5) is 38.2. The first-order valence-corrected chi connectivity index (χ1v) is 12.1. The minimum absolute atomic E-state index is 0.140. The summed E-state index contributed by atoms with van der Waals surface area (Å²) in [7, 11) is 0. The van der Waals surface area contributed by atoms with Crippen LogP contribution < -0.4 is 21.4 Å². The van der Waals surface area contributed by atoms with Crippen LogP contribution in [-0.4, -0.2) is 29.1 Å². The molecule has 0 aliphatic heterocycles. The third-order valence-corrected chi connectivity index (χ3v) is 6.03. The van der Waals surface area contributed by atoms with Crippen molar-refractivity contribution in [2.75, 3.05) is 0 Å². The number of hydrogen-bond acceptors (Lipinski definition) is 4. The average Bonchev–Trinajstić information content (AvgIpc) is 3.51. The number of hydrogen-bond donors (Lipinski definition) is 4. The van der Waals surface area contributed by atoms with Crippen LogP contribution in [0.15, 0.2) is 65.5 Å². The van der Waals surface area contributed by atoms with Crippen molar-refractivity contribution in [3.63, 3.8) is 0 Å². The summed E-state index contributed by atoms with van der Waals surface area (Å²) < 4.78 is 0. The molecule has 0 spiro atoms. The third-order valence-electron chi connectivity index (χ3n) is 6.03. The van der Waals surface area contributed by atoms with Gasteiger partial charge >= 0.3 is 6.03 Å². The molecule has 3 amide bonds. The van der Waals surface area contributed by atoms with E-state index in [2.05, 4.69) is 16.0 Å². The second kappa shape index (κ2) is 11.8. The molecule has 186 valence electrons. The fraction of sp³-hybridized carbons (Fsp3) is 0.393. The highest BCUT2D eigenvalue weighted by atomic mass is 16.3. The SMILES string of the molecule is CC(C)C[C@H](NC(=O)NCc1ccccc1)C(=O)N[C@@H](C(C)C)[C@@H](O)c1c(-c2ccccc2)c1=O. The van der Waals surface area contributed by atoms with E-state index in [4.69, 9.17) is 0 Å². The molecule has 0 saturated carbocycles. The van der Waals surface area contributed by atoms with Crippen LogP contribution in [0, 0.1) is 11.8 Å². The predicted octanol–water partition coefficient (Wildman–Crippen LogP) is 3.68. The summed E-state index contributed by atoms with van der Waals surface area (Å²) in [5.41, 5.74) is 2.38. The van der Waals surface area contributed by atoms with Gasteiger partial charge in [-0.25, -0.2) is 4.79 Å². The van der Waals surface area contributed by atoms with Crippen LogP contribution >= 0.6 is 0 Å². The highest BCUT2D eigenvalue weighted by molar-refractivity contribution is 5.87. The summed E-state index contributed by atoms with van der Waals surface area (Å²) >= 11 is 0. The molecule has 4 N–H and O–H groups in total. The van der Waals surface area contributed by atoms with Crippen molar-refractivity contribution in [2.45, 2.75) is 58.8 Å². The van der Waals surface area contributed by atoms with Crippen LogP contribution in [0.5, 0.6) is 0 Å². The number of carbonyl (C=O) groups is 2. The van der Waals surface area contributed by atoms with Gasteiger partial charge < -0.3 is 21.1 Å². The smallest absolute Gasteiger partial charge is 0.315 e. The lowest BCUT2D eigenvalue weighted by molar-refractivity contribution is -0.125. The van der Waals surface area contributed by atoms with E-state index in [1.165, 1.54) is 0 Å². The van der Waals surface area contributed by atoms with Crippen LogP contribution in [0.4, 0.5) is 4.79 Å². The Labute approximate surface area is 206 Å². The van der Waals surface area contributed by atoms with Crippen LogP contribution in [0.3, 0.4) is 0 Å². The molecule has 7 heteroatoms. The van der Waals surface area contributed by atoms with E-state index >= 15 is 0 Å². The van der Waals surface area contributed by atoms with Gasteiger partial charge in [0, 0.05) is 17.7 Å². The molecule has 0 bridgehead atoms. The molecule has 3 rings (SSSR count). The first-order valence-electron chi connectivity index (χ1n) is 12.1. The fourth-order valence-corrected chi connectivity index (χ4v) is 4.10. The van der Waals surface area contributed by atoms with Crippen LogP contribution in [0.1, 0.15) is 51.3 Å². The molecule has 35 heavy (non-hydrogen) atoms. The van der Waals surface area contributed by atoms with Gasteiger partial charge in [-0.1, -0.05) is 88.4 Å². The van der Waals surface area contributed by atoms with Crippen molar-refractivity contribution in [2.24, 2.45) is 11.8 Å². The van der Waals surface area contributed by atoms with Gasteiger partial charge in [0.05, 0.1) is 6.04 Å². The van der Waals surface area contributed by atoms with Gasteiger partial charge in [0.25, 0.3) is 0 Å². The van der Waals surface area contributed by atoms with Crippen LogP contribution in [-0.2, 0) is 11.3 Å². The zero-order valence-electron chi connectivity index (χ0n) is 20.7. The molecule has 0 saturated heterocycles. The van der Waals surface area contributed by atoms with Gasteiger partial charge in [0.15, 0.2) is 5.43 Å². The Kier molecular flexibility index (Phi) is 8.82. The van der Waals surface area contributed by atoms with E-state index in [9.17, 15) is 19.5 Å². The molecular weight excluding hydrogens is 442 g/mol. The normalized spacial score (nSPS) is 14.0. The van der Waals surface area contributed by atoms with E-state index in [0.717, 1.165) is 11.1 Å². The summed E-state index contributed by atoms with van der Waals surface area (Å²) in [5.74, 6) is -0.375. The van der Waals surface area contributed by atoms with E-state index in [0.29, 0.717) is 24.1 Å².